The van der Waals surface area contributed by atoms with Crippen LogP contribution in [0.5, 0.6) is 0 Å². The van der Waals surface area contributed by atoms with E-state index in [4.69, 9.17) is 0 Å². The van der Waals surface area contributed by atoms with Crippen molar-refractivity contribution in [1.82, 2.24) is 10.3 Å². The number of nitrogens with one attached hydrogen (secondary N) is 1. The first-order chi connectivity index (χ1) is 13.5. The van der Waals surface area contributed by atoms with E-state index in [9.17, 15) is 4.79 Å². The van der Waals surface area contributed by atoms with Gasteiger partial charge in [-0.2, -0.15) is 0 Å². The van der Waals surface area contributed by atoms with E-state index in [1.807, 2.05) is 37.3 Å². The lowest BCUT2D eigenvalue weighted by atomic mass is 9.88. The third-order valence-corrected chi connectivity index (χ3v) is 6.62. The van der Waals surface area contributed by atoms with Gasteiger partial charge in [-0.25, -0.2) is 4.98 Å². The molecule has 1 N–H and O–H groups in total. The summed E-state index contributed by atoms with van der Waals surface area (Å²) in [7, 11) is 0. The van der Waals surface area contributed by atoms with Crippen LogP contribution in [0, 0.1) is 12.8 Å². The number of thiazole rings is 1. The molecule has 1 atom stereocenters. The number of aromatic nitrogens is 1. The van der Waals surface area contributed by atoms with Crippen LogP contribution in [0.25, 0.3) is 0 Å². The maximum absolute atomic E-state index is 12.9. The second kappa shape index (κ2) is 9.89. The monoisotopic (exact) mass is 410 g/mol. The van der Waals surface area contributed by atoms with Gasteiger partial charge in [-0.3, -0.25) is 4.79 Å². The minimum absolute atomic E-state index is 0.0147. The van der Waals surface area contributed by atoms with Crippen molar-refractivity contribution in [2.45, 2.75) is 37.3 Å². The molecule has 28 heavy (non-hydrogen) atoms. The highest BCUT2D eigenvalue weighted by molar-refractivity contribution is 7.98. The molecule has 5 heteroatoms. The number of benzene rings is 2. The van der Waals surface area contributed by atoms with Crippen molar-refractivity contribution < 1.29 is 4.79 Å². The Morgan fingerprint density at radius 3 is 2.50 bits per heavy atom. The van der Waals surface area contributed by atoms with Gasteiger partial charge in [-0.15, -0.1) is 23.1 Å². The van der Waals surface area contributed by atoms with Crippen LogP contribution in [0.3, 0.4) is 0 Å². The molecule has 1 amide bonds. The standard InChI is InChI=1S/C23H26N2OS2/c1-16(2)21(18-9-5-4-6-10-18)13-24-23(26)20-11-7-8-12-22(20)28-15-19-14-27-17(3)25-19/h4-12,14,16,21H,13,15H2,1-3H3,(H,24,26). The highest BCUT2D eigenvalue weighted by Gasteiger charge is 2.18. The largest absolute Gasteiger partial charge is 0.351 e. The normalized spacial score (nSPS) is 12.1. The second-order valence-corrected chi connectivity index (χ2v) is 9.19. The molecule has 3 aromatic rings. The first-order valence-electron chi connectivity index (χ1n) is 9.50. The maximum Gasteiger partial charge on any atom is 0.252 e. The van der Waals surface area contributed by atoms with Gasteiger partial charge in [0.25, 0.3) is 5.91 Å². The fraction of sp³-hybridized carbons (Fsp3) is 0.304. The number of hydrogen-bond acceptors (Lipinski definition) is 4. The van der Waals surface area contributed by atoms with Crippen molar-refractivity contribution in [2.24, 2.45) is 5.92 Å². The van der Waals surface area contributed by atoms with Gasteiger partial charge in [-0.05, 0) is 30.5 Å². The van der Waals surface area contributed by atoms with Crippen LogP contribution in [-0.4, -0.2) is 17.4 Å². The van der Waals surface area contributed by atoms with Crippen LogP contribution in [0.2, 0.25) is 0 Å². The summed E-state index contributed by atoms with van der Waals surface area (Å²) in [6.07, 6.45) is 0. The van der Waals surface area contributed by atoms with Gasteiger partial charge in [-0.1, -0.05) is 56.3 Å². The number of carbonyl (C=O) groups is 1. The molecule has 3 rings (SSSR count). The lowest BCUT2D eigenvalue weighted by molar-refractivity contribution is 0.0946. The lowest BCUT2D eigenvalue weighted by Gasteiger charge is -2.22. The van der Waals surface area contributed by atoms with Crippen LogP contribution in [0.15, 0.2) is 64.9 Å². The Labute approximate surface area is 175 Å². The molecule has 0 bridgehead atoms. The van der Waals surface area contributed by atoms with Gasteiger partial charge in [0.05, 0.1) is 16.3 Å². The molecule has 2 aromatic carbocycles. The number of rotatable bonds is 8. The van der Waals surface area contributed by atoms with Gasteiger partial charge in [0, 0.05) is 28.5 Å². The average molecular weight is 411 g/mol. The summed E-state index contributed by atoms with van der Waals surface area (Å²) >= 11 is 3.32. The Kier molecular flexibility index (Phi) is 7.29. The van der Waals surface area contributed by atoms with Gasteiger partial charge in [0.2, 0.25) is 0 Å². The third kappa shape index (κ3) is 5.46. The number of thioether (sulfide) groups is 1. The van der Waals surface area contributed by atoms with E-state index in [2.05, 4.69) is 53.8 Å². The molecule has 0 saturated heterocycles. The Balaban J connectivity index is 1.66. The minimum atomic E-state index is -0.0147. The minimum Gasteiger partial charge on any atom is -0.351 e. The first kappa shape index (κ1) is 20.6. The Bertz CT molecular complexity index is 906. The molecule has 0 aliphatic heterocycles. The number of carbonyl (C=O) groups excluding carboxylic acids is 1. The molecule has 146 valence electrons. The van der Waals surface area contributed by atoms with Crippen LogP contribution < -0.4 is 5.32 Å². The molecule has 0 radical (unpaired) electrons. The average Bonchev–Trinajstić information content (AvgIpc) is 3.12. The fourth-order valence-electron chi connectivity index (χ4n) is 3.14. The van der Waals surface area contributed by atoms with Gasteiger partial charge in [0.1, 0.15) is 0 Å². The zero-order valence-corrected chi connectivity index (χ0v) is 18.1. The van der Waals surface area contributed by atoms with Gasteiger partial charge >= 0.3 is 0 Å². The van der Waals surface area contributed by atoms with E-state index in [0.717, 1.165) is 26.9 Å². The molecule has 0 saturated carbocycles. The van der Waals surface area contributed by atoms with E-state index in [1.165, 1.54) is 5.56 Å². The number of nitrogens with zero attached hydrogens (tertiary/aromatic N) is 1. The number of hydrogen-bond donors (Lipinski definition) is 1. The summed E-state index contributed by atoms with van der Waals surface area (Å²) in [4.78, 5) is 18.4. The molecule has 3 nitrogen and oxygen atoms in total. The first-order valence-corrected chi connectivity index (χ1v) is 11.4. The Morgan fingerprint density at radius 1 is 1.11 bits per heavy atom. The molecule has 0 aliphatic carbocycles. The lowest BCUT2D eigenvalue weighted by Crippen LogP contribution is -2.30. The second-order valence-electron chi connectivity index (χ2n) is 7.11. The third-order valence-electron chi connectivity index (χ3n) is 4.69. The van der Waals surface area contributed by atoms with E-state index in [-0.39, 0.29) is 5.91 Å². The predicted octanol–water partition coefficient (Wildman–Crippen LogP) is 5.91. The summed E-state index contributed by atoms with van der Waals surface area (Å²) in [6, 6.07) is 18.2. The van der Waals surface area contributed by atoms with E-state index < -0.39 is 0 Å². The molecule has 1 unspecified atom stereocenters. The van der Waals surface area contributed by atoms with E-state index in [0.29, 0.717) is 18.4 Å². The Morgan fingerprint density at radius 2 is 1.82 bits per heavy atom. The highest BCUT2D eigenvalue weighted by Crippen LogP contribution is 2.28. The highest BCUT2D eigenvalue weighted by atomic mass is 32.2. The maximum atomic E-state index is 12.9. The topological polar surface area (TPSA) is 42.0 Å². The number of aryl methyl sites for hydroxylation is 1. The van der Waals surface area contributed by atoms with Crippen molar-refractivity contribution in [2.75, 3.05) is 6.54 Å². The molecule has 1 heterocycles. The molecule has 0 aliphatic rings. The summed E-state index contributed by atoms with van der Waals surface area (Å²) < 4.78 is 0. The predicted molar refractivity (Wildman–Crippen MR) is 119 cm³/mol. The molecular formula is C23H26N2OS2. The van der Waals surface area contributed by atoms with Gasteiger partial charge in [0.15, 0.2) is 0 Å². The summed E-state index contributed by atoms with van der Waals surface area (Å²) in [6.45, 7) is 7.04. The SMILES string of the molecule is Cc1nc(CSc2ccccc2C(=O)NCC(c2ccccc2)C(C)C)cs1. The zero-order chi connectivity index (χ0) is 19.9. The quantitative estimate of drug-likeness (QED) is 0.469. The smallest absolute Gasteiger partial charge is 0.252 e. The summed E-state index contributed by atoms with van der Waals surface area (Å²) in [5, 5.41) is 6.31. The van der Waals surface area contributed by atoms with Crippen molar-refractivity contribution >= 4 is 29.0 Å². The van der Waals surface area contributed by atoms with Crippen molar-refractivity contribution in [3.05, 3.63) is 81.8 Å². The van der Waals surface area contributed by atoms with Crippen LogP contribution in [-0.2, 0) is 5.75 Å². The summed E-state index contributed by atoms with van der Waals surface area (Å²) in [5.74, 6) is 1.50. The molecular weight excluding hydrogens is 384 g/mol. The molecule has 0 fully saturated rings. The molecule has 0 spiro atoms. The molecule has 1 aromatic heterocycles. The van der Waals surface area contributed by atoms with Crippen LogP contribution in [0.1, 0.15) is 46.4 Å². The summed E-state index contributed by atoms with van der Waals surface area (Å²) in [5.41, 5.74) is 3.06. The van der Waals surface area contributed by atoms with E-state index >= 15 is 0 Å². The van der Waals surface area contributed by atoms with E-state index in [1.54, 1.807) is 23.1 Å². The van der Waals surface area contributed by atoms with Crippen molar-refractivity contribution in [3.63, 3.8) is 0 Å². The van der Waals surface area contributed by atoms with Gasteiger partial charge < -0.3 is 5.32 Å². The van der Waals surface area contributed by atoms with Crippen LogP contribution >= 0.6 is 23.1 Å². The Hall–Kier alpha value is -2.11. The van der Waals surface area contributed by atoms with Crippen molar-refractivity contribution in [1.29, 1.82) is 0 Å². The number of amides is 1. The van der Waals surface area contributed by atoms with Crippen molar-refractivity contribution in [3.8, 4) is 0 Å². The fourth-order valence-corrected chi connectivity index (χ4v) is 4.80. The zero-order valence-electron chi connectivity index (χ0n) is 16.5. The van der Waals surface area contributed by atoms with Crippen LogP contribution in [0.4, 0.5) is 0 Å².